The van der Waals surface area contributed by atoms with Crippen LogP contribution in [0.5, 0.6) is 11.5 Å². The topological polar surface area (TPSA) is 87.0 Å². The van der Waals surface area contributed by atoms with Gasteiger partial charge < -0.3 is 20.1 Å². The molecule has 1 aromatic carbocycles. The first-order valence-electron chi connectivity index (χ1n) is 15.2. The van der Waals surface area contributed by atoms with E-state index in [1.54, 1.807) is 0 Å². The van der Waals surface area contributed by atoms with Gasteiger partial charge >= 0.3 is 5.97 Å². The smallest absolute Gasteiger partial charge is 0.339 e. The molecular weight excluding hydrogens is 476 g/mol. The highest BCUT2D eigenvalue weighted by atomic mass is 16.5. The first kappa shape index (κ1) is 31.8. The third-order valence-electron chi connectivity index (χ3n) is 7.88. The highest BCUT2D eigenvalue weighted by Gasteiger charge is 2.40. The van der Waals surface area contributed by atoms with E-state index in [-0.39, 0.29) is 17.1 Å². The number of phenolic OH excluding ortho intramolecular Hbond substituents is 2. The van der Waals surface area contributed by atoms with E-state index >= 15 is 0 Å². The highest BCUT2D eigenvalue weighted by Crippen LogP contribution is 2.52. The number of esters is 1. The Morgan fingerprint density at radius 1 is 0.816 bits per heavy atom. The summed E-state index contributed by atoms with van der Waals surface area (Å²) in [6.45, 7) is 8.97. The number of allylic oxidation sites excluding steroid dienone is 4. The van der Waals surface area contributed by atoms with E-state index in [2.05, 4.69) is 27.7 Å². The maximum absolute atomic E-state index is 13.2. The van der Waals surface area contributed by atoms with Gasteiger partial charge in [0.2, 0.25) is 0 Å². The summed E-state index contributed by atoms with van der Waals surface area (Å²) in [5.41, 5.74) is 1.94. The quantitative estimate of drug-likeness (QED) is 0.130. The third kappa shape index (κ3) is 8.81. The number of carbonyl (C=O) groups excluding carboxylic acids is 1. The summed E-state index contributed by atoms with van der Waals surface area (Å²) in [5.74, 6) is -0.329. The summed E-state index contributed by atoms with van der Waals surface area (Å²) in [5, 5.41) is 32.9. The molecule has 0 aromatic heterocycles. The fraction of sp³-hybridized carbons (Fsp3) is 0.667. The van der Waals surface area contributed by atoms with Crippen LogP contribution in [0.4, 0.5) is 0 Å². The molecule has 0 saturated carbocycles. The maximum atomic E-state index is 13.2. The van der Waals surface area contributed by atoms with Crippen molar-refractivity contribution >= 4 is 11.5 Å². The lowest BCUT2D eigenvalue weighted by Crippen LogP contribution is -2.28. The van der Waals surface area contributed by atoms with Crippen molar-refractivity contribution in [1.82, 2.24) is 0 Å². The fourth-order valence-corrected chi connectivity index (χ4v) is 5.64. The number of benzene rings is 1. The Kier molecular flexibility index (Phi) is 13.8. The van der Waals surface area contributed by atoms with Crippen LogP contribution in [0.15, 0.2) is 29.5 Å². The van der Waals surface area contributed by atoms with Crippen molar-refractivity contribution in [2.45, 2.75) is 130 Å². The number of aliphatic hydroxyl groups is 1. The molecule has 3 N–H and O–H groups in total. The second-order valence-corrected chi connectivity index (χ2v) is 11.1. The SMILES string of the molecule is CCCCCCCCOC(=O)c1cc(O)cc(O)c1C1=CC(CCCC)=C(O)C(CCCC)(CCCC)C1. The Morgan fingerprint density at radius 3 is 2.05 bits per heavy atom. The van der Waals surface area contributed by atoms with Crippen LogP contribution in [-0.2, 0) is 4.74 Å². The summed E-state index contributed by atoms with van der Waals surface area (Å²) in [6.07, 6.45) is 17.6. The number of hydrogen-bond donors (Lipinski definition) is 3. The molecule has 0 heterocycles. The minimum absolute atomic E-state index is 0.126. The van der Waals surface area contributed by atoms with Gasteiger partial charge in [0.25, 0.3) is 0 Å². The van der Waals surface area contributed by atoms with Crippen LogP contribution < -0.4 is 0 Å². The van der Waals surface area contributed by atoms with Crippen molar-refractivity contribution in [3.63, 3.8) is 0 Å². The van der Waals surface area contributed by atoms with Crippen LogP contribution in [0.1, 0.15) is 146 Å². The number of rotatable bonds is 18. The van der Waals surface area contributed by atoms with Crippen LogP contribution in [-0.4, -0.2) is 27.9 Å². The summed E-state index contributed by atoms with van der Waals surface area (Å²) in [6, 6.07) is 2.70. The van der Waals surface area contributed by atoms with Crippen LogP contribution in [0.3, 0.4) is 0 Å². The first-order chi connectivity index (χ1) is 18.3. The number of hydrogen-bond acceptors (Lipinski definition) is 5. The summed E-state index contributed by atoms with van der Waals surface area (Å²) in [7, 11) is 0. The van der Waals surface area contributed by atoms with E-state index < -0.39 is 11.4 Å². The van der Waals surface area contributed by atoms with Crippen molar-refractivity contribution in [2.75, 3.05) is 6.61 Å². The Morgan fingerprint density at radius 2 is 1.42 bits per heavy atom. The molecule has 0 atom stereocenters. The van der Waals surface area contributed by atoms with Crippen molar-refractivity contribution < 1.29 is 24.9 Å². The third-order valence-corrected chi connectivity index (χ3v) is 7.88. The molecule has 1 aromatic rings. The zero-order chi connectivity index (χ0) is 28.0. The number of aliphatic hydroxyl groups excluding tert-OH is 1. The number of phenols is 2. The maximum Gasteiger partial charge on any atom is 0.339 e. The van der Waals surface area contributed by atoms with Gasteiger partial charge in [-0.2, -0.15) is 0 Å². The monoisotopic (exact) mass is 528 g/mol. The van der Waals surface area contributed by atoms with E-state index in [0.717, 1.165) is 88.2 Å². The number of carbonyl (C=O) groups is 1. The van der Waals surface area contributed by atoms with Gasteiger partial charge in [0.1, 0.15) is 17.3 Å². The first-order valence-corrected chi connectivity index (χ1v) is 15.2. The molecule has 1 aliphatic carbocycles. The summed E-state index contributed by atoms with van der Waals surface area (Å²) < 4.78 is 5.62. The normalized spacial score (nSPS) is 15.0. The van der Waals surface area contributed by atoms with Crippen molar-refractivity contribution in [1.29, 1.82) is 0 Å². The molecule has 0 amide bonds. The second-order valence-electron chi connectivity index (χ2n) is 11.1. The summed E-state index contributed by atoms with van der Waals surface area (Å²) in [4.78, 5) is 13.2. The van der Waals surface area contributed by atoms with E-state index in [9.17, 15) is 20.1 Å². The van der Waals surface area contributed by atoms with Crippen molar-refractivity contribution in [2.24, 2.45) is 5.41 Å². The predicted octanol–water partition coefficient (Wildman–Crippen LogP) is 9.77. The molecule has 38 heavy (non-hydrogen) atoms. The van der Waals surface area contributed by atoms with Crippen LogP contribution >= 0.6 is 0 Å². The number of unbranched alkanes of at least 4 members (excludes halogenated alkanes) is 8. The molecule has 0 aliphatic heterocycles. The van der Waals surface area contributed by atoms with E-state index in [1.165, 1.54) is 31.4 Å². The molecule has 0 unspecified atom stereocenters. The Labute approximate surface area is 231 Å². The molecule has 0 radical (unpaired) electrons. The number of aromatic hydroxyl groups is 2. The van der Waals surface area contributed by atoms with E-state index in [0.29, 0.717) is 24.4 Å². The second kappa shape index (κ2) is 16.5. The molecule has 0 fully saturated rings. The van der Waals surface area contributed by atoms with E-state index in [1.807, 2.05) is 6.08 Å². The zero-order valence-corrected chi connectivity index (χ0v) is 24.4. The lowest BCUT2D eigenvalue weighted by Gasteiger charge is -2.39. The standard InChI is InChI=1S/C33H52O5/c1-5-9-13-14-15-16-20-38-32(37)28-22-27(34)23-29(35)30(28)26-21-25(17-10-6-2)31(36)33(24-26,18-11-7-3)19-12-8-4/h21-23,34-36H,5-20,24H2,1-4H3. The van der Waals surface area contributed by atoms with Gasteiger partial charge in [-0.25, -0.2) is 4.79 Å². The Hall–Kier alpha value is -2.43. The van der Waals surface area contributed by atoms with Crippen LogP contribution in [0.2, 0.25) is 0 Å². The molecule has 1 aliphatic rings. The molecule has 5 nitrogen and oxygen atoms in total. The van der Waals surface area contributed by atoms with Gasteiger partial charge in [0.05, 0.1) is 12.2 Å². The number of ether oxygens (including phenoxy) is 1. The van der Waals surface area contributed by atoms with Gasteiger partial charge in [0, 0.05) is 17.0 Å². The van der Waals surface area contributed by atoms with Gasteiger partial charge in [-0.15, -0.1) is 0 Å². The average Bonchev–Trinajstić information content (AvgIpc) is 2.90. The van der Waals surface area contributed by atoms with Crippen molar-refractivity contribution in [3.8, 4) is 11.5 Å². The zero-order valence-electron chi connectivity index (χ0n) is 24.4. The van der Waals surface area contributed by atoms with Crippen LogP contribution in [0.25, 0.3) is 5.57 Å². The van der Waals surface area contributed by atoms with Crippen molar-refractivity contribution in [3.05, 3.63) is 40.7 Å². The highest BCUT2D eigenvalue weighted by molar-refractivity contribution is 5.98. The largest absolute Gasteiger partial charge is 0.511 e. The van der Waals surface area contributed by atoms with Gasteiger partial charge in [0.15, 0.2) is 0 Å². The van der Waals surface area contributed by atoms with Crippen LogP contribution in [0, 0.1) is 5.41 Å². The van der Waals surface area contributed by atoms with Gasteiger partial charge in [-0.1, -0.05) is 98.0 Å². The van der Waals surface area contributed by atoms with E-state index in [4.69, 9.17) is 4.74 Å². The molecule has 0 bridgehead atoms. The summed E-state index contributed by atoms with van der Waals surface area (Å²) >= 11 is 0. The average molecular weight is 529 g/mol. The molecule has 0 saturated heterocycles. The molecule has 0 spiro atoms. The molecule has 2 rings (SSSR count). The fourth-order valence-electron chi connectivity index (χ4n) is 5.64. The minimum Gasteiger partial charge on any atom is -0.511 e. The predicted molar refractivity (Wildman–Crippen MR) is 157 cm³/mol. The van der Waals surface area contributed by atoms with Gasteiger partial charge in [-0.3, -0.25) is 0 Å². The Bertz CT molecular complexity index is 935. The Balaban J connectivity index is 2.43. The molecular formula is C33H52O5. The lowest BCUT2D eigenvalue weighted by molar-refractivity contribution is 0.0496. The lowest BCUT2D eigenvalue weighted by atomic mass is 9.66. The minimum atomic E-state index is -0.526. The molecule has 5 heteroatoms. The molecule has 214 valence electrons. The van der Waals surface area contributed by atoms with Gasteiger partial charge in [-0.05, 0) is 55.7 Å².